The minimum atomic E-state index is -0.275. The molecular weight excluding hydrogens is 410 g/mol. The fourth-order valence-corrected chi connectivity index (χ4v) is 4.11. The van der Waals surface area contributed by atoms with E-state index in [2.05, 4.69) is 0 Å². The maximum absolute atomic E-state index is 12.8. The Morgan fingerprint density at radius 3 is 2.23 bits per heavy atom. The Bertz CT molecular complexity index is 1140. The van der Waals surface area contributed by atoms with Gasteiger partial charge < -0.3 is 9.47 Å². The molecule has 0 spiro atoms. The average molecular weight is 432 g/mol. The number of hydrogen-bond donors (Lipinski definition) is 0. The average Bonchev–Trinajstić information content (AvgIpc) is 3.07. The number of carbonyl (C=O) groups excluding carboxylic acids is 2. The summed E-state index contributed by atoms with van der Waals surface area (Å²) < 4.78 is 10.4. The molecule has 0 unspecified atom stereocenters. The lowest BCUT2D eigenvalue weighted by Gasteiger charge is -2.12. The Hall–Kier alpha value is -3.51. The van der Waals surface area contributed by atoms with Crippen LogP contribution in [0.1, 0.15) is 11.1 Å². The number of carbonyl (C=O) groups is 2. The molecule has 1 heterocycles. The number of benzene rings is 3. The van der Waals surface area contributed by atoms with Gasteiger partial charge in [0.25, 0.3) is 11.1 Å². The SMILES string of the molecule is COc1ccc(CN2C(=O)S/C(=C\c3ccc(-c4cccc(OC)c4)cc3)C2=O)cc1. The molecule has 156 valence electrons. The zero-order chi connectivity index (χ0) is 21.8. The van der Waals surface area contributed by atoms with Crippen molar-refractivity contribution >= 4 is 29.0 Å². The van der Waals surface area contributed by atoms with Crippen LogP contribution in [-0.2, 0) is 11.3 Å². The molecule has 3 aromatic carbocycles. The van der Waals surface area contributed by atoms with Gasteiger partial charge in [-0.1, -0.05) is 48.5 Å². The predicted molar refractivity (Wildman–Crippen MR) is 123 cm³/mol. The molecule has 6 heteroatoms. The second-order valence-electron chi connectivity index (χ2n) is 6.97. The van der Waals surface area contributed by atoms with Crippen LogP contribution in [0.3, 0.4) is 0 Å². The molecule has 3 aromatic rings. The molecule has 0 bridgehead atoms. The molecule has 1 aliphatic heterocycles. The van der Waals surface area contributed by atoms with Crippen molar-refractivity contribution in [1.82, 2.24) is 4.90 Å². The molecule has 0 aromatic heterocycles. The van der Waals surface area contributed by atoms with Crippen LogP contribution < -0.4 is 9.47 Å². The minimum absolute atomic E-state index is 0.237. The van der Waals surface area contributed by atoms with E-state index >= 15 is 0 Å². The van der Waals surface area contributed by atoms with Crippen LogP contribution in [-0.4, -0.2) is 30.3 Å². The number of nitrogens with zero attached hydrogens (tertiary/aromatic N) is 1. The molecule has 31 heavy (non-hydrogen) atoms. The van der Waals surface area contributed by atoms with Crippen LogP contribution in [0.25, 0.3) is 17.2 Å². The van der Waals surface area contributed by atoms with Crippen molar-refractivity contribution in [2.75, 3.05) is 14.2 Å². The van der Waals surface area contributed by atoms with Crippen molar-refractivity contribution in [1.29, 1.82) is 0 Å². The Morgan fingerprint density at radius 2 is 1.55 bits per heavy atom. The number of amides is 2. The van der Waals surface area contributed by atoms with E-state index in [4.69, 9.17) is 9.47 Å². The summed E-state index contributed by atoms with van der Waals surface area (Å²) >= 11 is 0.966. The lowest BCUT2D eigenvalue weighted by molar-refractivity contribution is -0.123. The van der Waals surface area contributed by atoms with Crippen molar-refractivity contribution in [3.8, 4) is 22.6 Å². The van der Waals surface area contributed by atoms with Crippen molar-refractivity contribution < 1.29 is 19.1 Å². The normalized spacial score (nSPS) is 14.9. The fraction of sp³-hybridized carbons (Fsp3) is 0.120. The monoisotopic (exact) mass is 431 g/mol. The summed E-state index contributed by atoms with van der Waals surface area (Å²) in [6.45, 7) is 0.237. The van der Waals surface area contributed by atoms with Crippen LogP contribution in [0, 0.1) is 0 Å². The van der Waals surface area contributed by atoms with Gasteiger partial charge in [-0.05, 0) is 64.4 Å². The quantitative estimate of drug-likeness (QED) is 0.475. The van der Waals surface area contributed by atoms with Gasteiger partial charge in [0.2, 0.25) is 0 Å². The summed E-state index contributed by atoms with van der Waals surface area (Å²) in [6, 6.07) is 23.0. The molecule has 0 aliphatic carbocycles. The van der Waals surface area contributed by atoms with Crippen LogP contribution in [0.15, 0.2) is 77.7 Å². The Labute approximate surface area is 185 Å². The van der Waals surface area contributed by atoms with Crippen LogP contribution in [0.5, 0.6) is 11.5 Å². The maximum Gasteiger partial charge on any atom is 0.293 e. The van der Waals surface area contributed by atoms with E-state index in [1.165, 1.54) is 4.90 Å². The summed E-state index contributed by atoms with van der Waals surface area (Å²) in [5.41, 5.74) is 3.82. The largest absolute Gasteiger partial charge is 0.497 e. The van der Waals surface area contributed by atoms with Crippen molar-refractivity contribution in [2.45, 2.75) is 6.54 Å². The molecule has 0 saturated carbocycles. The lowest BCUT2D eigenvalue weighted by Crippen LogP contribution is -2.27. The first kappa shape index (κ1) is 20.8. The van der Waals surface area contributed by atoms with Crippen molar-refractivity contribution in [3.63, 3.8) is 0 Å². The van der Waals surface area contributed by atoms with Crippen LogP contribution in [0.4, 0.5) is 4.79 Å². The number of rotatable bonds is 6. The number of ether oxygens (including phenoxy) is 2. The highest BCUT2D eigenvalue weighted by Gasteiger charge is 2.34. The van der Waals surface area contributed by atoms with E-state index in [1.54, 1.807) is 20.3 Å². The molecule has 1 aliphatic rings. The molecule has 0 N–H and O–H groups in total. The zero-order valence-electron chi connectivity index (χ0n) is 17.2. The van der Waals surface area contributed by atoms with Gasteiger partial charge >= 0.3 is 0 Å². The predicted octanol–water partition coefficient (Wildman–Crippen LogP) is 5.61. The van der Waals surface area contributed by atoms with Gasteiger partial charge in [0.15, 0.2) is 0 Å². The number of methoxy groups -OCH3 is 2. The van der Waals surface area contributed by atoms with Gasteiger partial charge in [0, 0.05) is 0 Å². The number of thioether (sulfide) groups is 1. The van der Waals surface area contributed by atoms with Gasteiger partial charge in [-0.15, -0.1) is 0 Å². The topological polar surface area (TPSA) is 55.8 Å². The Balaban J connectivity index is 1.49. The van der Waals surface area contributed by atoms with Gasteiger partial charge in [-0.3, -0.25) is 14.5 Å². The molecule has 2 amide bonds. The highest BCUT2D eigenvalue weighted by molar-refractivity contribution is 8.18. The molecule has 1 fully saturated rings. The summed E-state index contributed by atoms with van der Waals surface area (Å²) in [5, 5.41) is -0.264. The Kier molecular flexibility index (Phi) is 6.09. The summed E-state index contributed by atoms with van der Waals surface area (Å²) in [6.07, 6.45) is 1.76. The van der Waals surface area contributed by atoms with E-state index in [0.717, 1.165) is 45.5 Å². The van der Waals surface area contributed by atoms with E-state index < -0.39 is 0 Å². The maximum atomic E-state index is 12.8. The highest BCUT2D eigenvalue weighted by Crippen LogP contribution is 2.34. The third kappa shape index (κ3) is 4.64. The van der Waals surface area contributed by atoms with Gasteiger partial charge in [-0.2, -0.15) is 0 Å². The molecule has 0 atom stereocenters. The van der Waals surface area contributed by atoms with E-state index in [1.807, 2.05) is 72.8 Å². The lowest BCUT2D eigenvalue weighted by atomic mass is 10.0. The van der Waals surface area contributed by atoms with Crippen LogP contribution >= 0.6 is 11.8 Å². The van der Waals surface area contributed by atoms with Gasteiger partial charge in [0.1, 0.15) is 11.5 Å². The smallest absolute Gasteiger partial charge is 0.293 e. The van der Waals surface area contributed by atoms with E-state index in [9.17, 15) is 9.59 Å². The molecule has 1 saturated heterocycles. The number of hydrogen-bond acceptors (Lipinski definition) is 5. The first-order chi connectivity index (χ1) is 15.1. The third-order valence-corrected chi connectivity index (χ3v) is 5.89. The highest BCUT2D eigenvalue weighted by atomic mass is 32.2. The second kappa shape index (κ2) is 9.10. The first-order valence-electron chi connectivity index (χ1n) is 9.70. The van der Waals surface area contributed by atoms with E-state index in [0.29, 0.717) is 4.91 Å². The molecule has 4 rings (SSSR count). The minimum Gasteiger partial charge on any atom is -0.497 e. The fourth-order valence-electron chi connectivity index (χ4n) is 3.28. The molecule has 0 radical (unpaired) electrons. The second-order valence-corrected chi connectivity index (χ2v) is 7.96. The standard InChI is InChI=1S/C25H21NO4S/c1-29-21-12-8-18(9-13-21)16-26-24(27)23(31-25(26)28)14-17-6-10-19(11-7-17)20-4-3-5-22(15-20)30-2/h3-15H,16H2,1-2H3/b23-14-. The summed E-state index contributed by atoms with van der Waals surface area (Å²) in [4.78, 5) is 26.9. The summed E-state index contributed by atoms with van der Waals surface area (Å²) in [5.74, 6) is 1.25. The Morgan fingerprint density at radius 1 is 0.839 bits per heavy atom. The van der Waals surface area contributed by atoms with E-state index in [-0.39, 0.29) is 17.7 Å². The van der Waals surface area contributed by atoms with Crippen LogP contribution in [0.2, 0.25) is 0 Å². The van der Waals surface area contributed by atoms with Gasteiger partial charge in [0.05, 0.1) is 25.7 Å². The third-order valence-electron chi connectivity index (χ3n) is 4.98. The first-order valence-corrected chi connectivity index (χ1v) is 10.5. The molecular formula is C25H21NO4S. The summed E-state index contributed by atoms with van der Waals surface area (Å²) in [7, 11) is 3.24. The van der Waals surface area contributed by atoms with Crippen molar-refractivity contribution in [3.05, 3.63) is 88.8 Å². The van der Waals surface area contributed by atoms with Crippen molar-refractivity contribution in [2.24, 2.45) is 0 Å². The number of imide groups is 1. The van der Waals surface area contributed by atoms with Gasteiger partial charge in [-0.25, -0.2) is 0 Å². The zero-order valence-corrected chi connectivity index (χ0v) is 18.0. The molecule has 5 nitrogen and oxygen atoms in total.